The van der Waals surface area contributed by atoms with Gasteiger partial charge in [-0.1, -0.05) is 18.2 Å². The van der Waals surface area contributed by atoms with Gasteiger partial charge in [0.05, 0.1) is 24.1 Å². The molecule has 0 saturated heterocycles. The third-order valence-corrected chi connectivity index (χ3v) is 3.28. The van der Waals surface area contributed by atoms with Crippen LogP contribution < -0.4 is 5.32 Å². The Hall–Kier alpha value is -2.35. The first-order valence-corrected chi connectivity index (χ1v) is 6.88. The zero-order valence-corrected chi connectivity index (χ0v) is 12.6. The first-order chi connectivity index (χ1) is 10.8. The van der Waals surface area contributed by atoms with Crippen LogP contribution in [0.2, 0.25) is 0 Å². The molecule has 0 aliphatic rings. The summed E-state index contributed by atoms with van der Waals surface area (Å²) in [6, 6.07) is 5.79. The van der Waals surface area contributed by atoms with Crippen LogP contribution in [0.25, 0.3) is 5.69 Å². The molecule has 23 heavy (non-hydrogen) atoms. The Labute approximate surface area is 130 Å². The fourth-order valence-electron chi connectivity index (χ4n) is 2.12. The molecule has 0 spiro atoms. The minimum absolute atomic E-state index is 0.245. The second kappa shape index (κ2) is 6.41. The SMILES string of the molecule is Cc1ccccc1-n1ncc(C(=O)NC(C)CO)c1C(F)(F)F. The van der Waals surface area contributed by atoms with Crippen LogP contribution >= 0.6 is 0 Å². The van der Waals surface area contributed by atoms with Crippen LogP contribution in [0.15, 0.2) is 30.5 Å². The van der Waals surface area contributed by atoms with Crippen molar-refractivity contribution in [3.63, 3.8) is 0 Å². The van der Waals surface area contributed by atoms with Crippen LogP contribution in [0.1, 0.15) is 28.5 Å². The summed E-state index contributed by atoms with van der Waals surface area (Å²) < 4.78 is 41.1. The van der Waals surface area contributed by atoms with Crippen molar-refractivity contribution in [2.24, 2.45) is 0 Å². The Kier molecular flexibility index (Phi) is 4.74. The van der Waals surface area contributed by atoms with Crippen LogP contribution in [-0.4, -0.2) is 33.4 Å². The number of para-hydroxylation sites is 1. The van der Waals surface area contributed by atoms with Gasteiger partial charge in [-0.2, -0.15) is 18.3 Å². The van der Waals surface area contributed by atoms with E-state index in [9.17, 15) is 18.0 Å². The van der Waals surface area contributed by atoms with Gasteiger partial charge < -0.3 is 10.4 Å². The molecule has 0 fully saturated rings. The normalized spacial score (nSPS) is 13.0. The molecule has 0 saturated carbocycles. The van der Waals surface area contributed by atoms with Gasteiger partial charge in [-0.3, -0.25) is 4.79 Å². The van der Waals surface area contributed by atoms with Gasteiger partial charge in [0.25, 0.3) is 5.91 Å². The Balaban J connectivity index is 2.55. The molecular weight excluding hydrogens is 311 g/mol. The molecule has 124 valence electrons. The number of aliphatic hydroxyl groups excluding tert-OH is 1. The number of aliphatic hydroxyl groups is 1. The highest BCUT2D eigenvalue weighted by Gasteiger charge is 2.40. The number of nitrogens with one attached hydrogen (secondary N) is 1. The van der Waals surface area contributed by atoms with Gasteiger partial charge in [-0.05, 0) is 25.5 Å². The van der Waals surface area contributed by atoms with Crippen LogP contribution in [0.5, 0.6) is 0 Å². The van der Waals surface area contributed by atoms with Gasteiger partial charge in [-0.15, -0.1) is 0 Å². The summed E-state index contributed by atoms with van der Waals surface area (Å²) in [4.78, 5) is 12.0. The van der Waals surface area contributed by atoms with Gasteiger partial charge in [0, 0.05) is 6.04 Å². The monoisotopic (exact) mass is 327 g/mol. The number of carbonyl (C=O) groups is 1. The maximum absolute atomic E-state index is 13.4. The first kappa shape index (κ1) is 17.0. The molecule has 1 amide bonds. The van der Waals surface area contributed by atoms with Crippen LogP contribution in [0.4, 0.5) is 13.2 Å². The number of aromatic nitrogens is 2. The molecule has 0 radical (unpaired) electrons. The zero-order valence-electron chi connectivity index (χ0n) is 12.6. The third-order valence-electron chi connectivity index (χ3n) is 3.28. The highest BCUT2D eigenvalue weighted by Crippen LogP contribution is 2.34. The molecule has 2 aromatic rings. The van der Waals surface area contributed by atoms with Crippen molar-refractivity contribution >= 4 is 5.91 Å². The molecule has 0 bridgehead atoms. The summed E-state index contributed by atoms with van der Waals surface area (Å²) in [6.45, 7) is 2.76. The van der Waals surface area contributed by atoms with Gasteiger partial charge in [0.1, 0.15) is 0 Å². The van der Waals surface area contributed by atoms with Crippen LogP contribution in [-0.2, 0) is 6.18 Å². The van der Waals surface area contributed by atoms with Crippen LogP contribution in [0, 0.1) is 6.92 Å². The van der Waals surface area contributed by atoms with Gasteiger partial charge in [0.15, 0.2) is 5.69 Å². The van der Waals surface area contributed by atoms with E-state index in [1.165, 1.54) is 13.0 Å². The van der Waals surface area contributed by atoms with Gasteiger partial charge >= 0.3 is 6.18 Å². The number of benzene rings is 1. The maximum Gasteiger partial charge on any atom is 0.434 e. The van der Waals surface area contributed by atoms with Crippen molar-refractivity contribution in [3.8, 4) is 5.69 Å². The Morgan fingerprint density at radius 3 is 2.61 bits per heavy atom. The average Bonchev–Trinajstić information content (AvgIpc) is 2.92. The zero-order chi connectivity index (χ0) is 17.2. The molecule has 0 aliphatic carbocycles. The molecule has 1 aromatic carbocycles. The minimum Gasteiger partial charge on any atom is -0.394 e. The van der Waals surface area contributed by atoms with Crippen molar-refractivity contribution in [1.82, 2.24) is 15.1 Å². The number of hydrogen-bond donors (Lipinski definition) is 2. The summed E-state index contributed by atoms with van der Waals surface area (Å²) in [5.41, 5.74) is -0.888. The van der Waals surface area contributed by atoms with Gasteiger partial charge in [0.2, 0.25) is 0 Å². The molecule has 1 unspecified atom stereocenters. The fourth-order valence-corrected chi connectivity index (χ4v) is 2.12. The highest BCUT2D eigenvalue weighted by atomic mass is 19.4. The molecule has 1 aromatic heterocycles. The largest absolute Gasteiger partial charge is 0.434 e. The molecule has 2 rings (SSSR count). The summed E-state index contributed by atoms with van der Waals surface area (Å²) in [7, 11) is 0. The van der Waals surface area contributed by atoms with Crippen molar-refractivity contribution in [1.29, 1.82) is 0 Å². The lowest BCUT2D eigenvalue weighted by molar-refractivity contribution is -0.143. The number of rotatable bonds is 4. The van der Waals surface area contributed by atoms with E-state index < -0.39 is 29.4 Å². The van der Waals surface area contributed by atoms with Crippen molar-refractivity contribution < 1.29 is 23.1 Å². The molecule has 1 heterocycles. The smallest absolute Gasteiger partial charge is 0.394 e. The average molecular weight is 327 g/mol. The van der Waals surface area contributed by atoms with Crippen molar-refractivity contribution in [2.75, 3.05) is 6.61 Å². The Bertz CT molecular complexity index is 710. The van der Waals surface area contributed by atoms with Crippen molar-refractivity contribution in [3.05, 3.63) is 47.3 Å². The molecule has 8 heteroatoms. The minimum atomic E-state index is -4.76. The summed E-state index contributed by atoms with van der Waals surface area (Å²) in [6.07, 6.45) is -3.87. The van der Waals surface area contributed by atoms with Gasteiger partial charge in [-0.25, -0.2) is 4.68 Å². The number of hydrogen-bond acceptors (Lipinski definition) is 3. The summed E-state index contributed by atoms with van der Waals surface area (Å²) in [5.74, 6) is -0.932. The summed E-state index contributed by atoms with van der Waals surface area (Å²) >= 11 is 0. The molecule has 0 aliphatic heterocycles. The maximum atomic E-state index is 13.4. The summed E-state index contributed by atoms with van der Waals surface area (Å²) in [5, 5.41) is 15.0. The predicted octanol–water partition coefficient (Wildman–Crippen LogP) is 2.31. The lowest BCUT2D eigenvalue weighted by atomic mass is 10.1. The molecular formula is C15H16F3N3O2. The quantitative estimate of drug-likeness (QED) is 0.905. The number of alkyl halides is 3. The molecule has 2 N–H and O–H groups in total. The van der Waals surface area contributed by atoms with E-state index in [1.807, 2.05) is 0 Å². The highest BCUT2D eigenvalue weighted by molar-refractivity contribution is 5.95. The number of aryl methyl sites for hydroxylation is 1. The molecule has 5 nitrogen and oxygen atoms in total. The second-order valence-corrected chi connectivity index (χ2v) is 5.16. The Morgan fingerprint density at radius 1 is 1.39 bits per heavy atom. The predicted molar refractivity (Wildman–Crippen MR) is 77.3 cm³/mol. The second-order valence-electron chi connectivity index (χ2n) is 5.16. The van der Waals surface area contributed by atoms with E-state index in [0.717, 1.165) is 6.20 Å². The topological polar surface area (TPSA) is 67.2 Å². The standard InChI is InChI=1S/C15H16F3N3O2/c1-9-5-3-4-6-12(9)21-13(15(16,17)18)11(7-19-21)14(23)20-10(2)8-22/h3-7,10,22H,8H2,1-2H3,(H,20,23). The van der Waals surface area contributed by atoms with E-state index in [4.69, 9.17) is 5.11 Å². The van der Waals surface area contributed by atoms with E-state index >= 15 is 0 Å². The Morgan fingerprint density at radius 2 is 2.04 bits per heavy atom. The lowest BCUT2D eigenvalue weighted by Gasteiger charge is -2.15. The van der Waals surface area contributed by atoms with Crippen molar-refractivity contribution in [2.45, 2.75) is 26.1 Å². The van der Waals surface area contributed by atoms with E-state index in [-0.39, 0.29) is 12.3 Å². The van der Waals surface area contributed by atoms with E-state index in [1.54, 1.807) is 25.1 Å². The fraction of sp³-hybridized carbons (Fsp3) is 0.333. The third kappa shape index (κ3) is 3.53. The van der Waals surface area contributed by atoms with E-state index in [0.29, 0.717) is 10.2 Å². The van der Waals surface area contributed by atoms with E-state index in [2.05, 4.69) is 10.4 Å². The first-order valence-electron chi connectivity index (χ1n) is 6.88. The lowest BCUT2D eigenvalue weighted by Crippen LogP contribution is -2.36. The molecule has 1 atom stereocenters. The number of carbonyl (C=O) groups excluding carboxylic acids is 1. The number of nitrogens with zero attached hydrogens (tertiary/aromatic N) is 2. The number of amides is 1. The van der Waals surface area contributed by atoms with Crippen LogP contribution in [0.3, 0.4) is 0 Å². The number of halogens is 3.